The molecule has 1 heterocycles. The van der Waals surface area contributed by atoms with Gasteiger partial charge in [0.1, 0.15) is 5.76 Å². The number of hydrogen-bond acceptors (Lipinski definition) is 6. The van der Waals surface area contributed by atoms with Gasteiger partial charge in [0.25, 0.3) is 0 Å². The maximum absolute atomic E-state index is 11.9. The van der Waals surface area contributed by atoms with Crippen molar-refractivity contribution in [2.45, 2.75) is 25.7 Å². The first-order valence-corrected chi connectivity index (χ1v) is 8.28. The van der Waals surface area contributed by atoms with Crippen LogP contribution in [-0.4, -0.2) is 14.1 Å². The van der Waals surface area contributed by atoms with Gasteiger partial charge in [-0.1, -0.05) is 0 Å². The van der Waals surface area contributed by atoms with Gasteiger partial charge in [-0.05, 0) is 56.7 Å². The van der Waals surface area contributed by atoms with Crippen molar-refractivity contribution in [2.75, 3.05) is 5.43 Å². The first-order valence-electron chi connectivity index (χ1n) is 6.73. The number of rotatable bonds is 4. The number of hydrazone groups is 1. The predicted molar refractivity (Wildman–Crippen MR) is 88.1 cm³/mol. The third-order valence-electron chi connectivity index (χ3n) is 3.17. The highest BCUT2D eigenvalue weighted by atomic mass is 32.2. The summed E-state index contributed by atoms with van der Waals surface area (Å²) in [6.07, 6.45) is 0. The Bertz CT molecular complexity index is 913. The summed E-state index contributed by atoms with van der Waals surface area (Å²) in [7, 11) is -3.73. The van der Waals surface area contributed by atoms with E-state index in [1.807, 2.05) is 0 Å². The molecule has 23 heavy (non-hydrogen) atoms. The molecule has 0 fully saturated rings. The monoisotopic (exact) mass is 335 g/mol. The topological polar surface area (TPSA) is 115 Å². The molecule has 0 aliphatic carbocycles. The second-order valence-electron chi connectivity index (χ2n) is 5.08. The molecule has 0 atom stereocenters. The Morgan fingerprint density at radius 1 is 1.22 bits per heavy atom. The Kier molecular flexibility index (Phi) is 4.67. The van der Waals surface area contributed by atoms with Gasteiger partial charge in [-0.2, -0.15) is 5.10 Å². The van der Waals surface area contributed by atoms with Gasteiger partial charge in [-0.15, -0.1) is 0 Å². The van der Waals surface area contributed by atoms with Crippen LogP contribution >= 0.6 is 0 Å². The molecule has 1 aromatic heterocycles. The molecule has 1 aromatic carbocycles. The summed E-state index contributed by atoms with van der Waals surface area (Å²) in [6.45, 7) is 5.19. The molecule has 0 radical (unpaired) electrons. The SMILES string of the molecule is C/C(=N\Nc1ccc(S(N)(=O)=O)cc1)c1c(C)cc(C)oc1=O. The Hall–Kier alpha value is -2.45. The van der Waals surface area contributed by atoms with E-state index in [9.17, 15) is 13.2 Å². The van der Waals surface area contributed by atoms with E-state index in [2.05, 4.69) is 10.5 Å². The largest absolute Gasteiger partial charge is 0.428 e. The zero-order valence-electron chi connectivity index (χ0n) is 13.0. The minimum absolute atomic E-state index is 0.0128. The predicted octanol–water partition coefficient (Wildman–Crippen LogP) is 1.74. The fraction of sp³-hybridized carbons (Fsp3) is 0.200. The minimum atomic E-state index is -3.73. The van der Waals surface area contributed by atoms with E-state index < -0.39 is 15.6 Å². The molecule has 0 saturated heterocycles. The molecule has 0 spiro atoms. The van der Waals surface area contributed by atoms with Crippen molar-refractivity contribution in [2.24, 2.45) is 10.2 Å². The fourth-order valence-electron chi connectivity index (χ4n) is 2.12. The van der Waals surface area contributed by atoms with Crippen LogP contribution in [0.3, 0.4) is 0 Å². The van der Waals surface area contributed by atoms with Crippen LogP contribution in [0, 0.1) is 13.8 Å². The van der Waals surface area contributed by atoms with Crippen LogP contribution < -0.4 is 16.2 Å². The molecule has 3 N–H and O–H groups in total. The van der Waals surface area contributed by atoms with Crippen molar-refractivity contribution >= 4 is 21.4 Å². The highest BCUT2D eigenvalue weighted by Crippen LogP contribution is 2.13. The summed E-state index contributed by atoms with van der Waals surface area (Å²) in [5.41, 5.74) is 4.50. The number of nitrogens with one attached hydrogen (secondary N) is 1. The summed E-state index contributed by atoms with van der Waals surface area (Å²) in [5.74, 6) is 0.538. The van der Waals surface area contributed by atoms with E-state index in [0.717, 1.165) is 5.56 Å². The van der Waals surface area contributed by atoms with Crippen molar-refractivity contribution in [3.05, 3.63) is 57.6 Å². The minimum Gasteiger partial charge on any atom is -0.428 e. The first kappa shape index (κ1) is 16.9. The van der Waals surface area contributed by atoms with Crippen molar-refractivity contribution in [1.82, 2.24) is 0 Å². The number of anilines is 1. The van der Waals surface area contributed by atoms with Crippen LogP contribution in [0.25, 0.3) is 0 Å². The van der Waals surface area contributed by atoms with Crippen molar-refractivity contribution in [3.63, 3.8) is 0 Å². The van der Waals surface area contributed by atoms with Crippen LogP contribution in [-0.2, 0) is 10.0 Å². The summed E-state index contributed by atoms with van der Waals surface area (Å²) in [5, 5.41) is 9.16. The van der Waals surface area contributed by atoms with Gasteiger partial charge in [-0.3, -0.25) is 5.43 Å². The number of primary sulfonamides is 1. The Morgan fingerprint density at radius 3 is 2.35 bits per heavy atom. The number of nitrogens with two attached hydrogens (primary N) is 1. The lowest BCUT2D eigenvalue weighted by Crippen LogP contribution is -2.16. The molecule has 2 aromatic rings. The average Bonchev–Trinajstić information content (AvgIpc) is 2.43. The van der Waals surface area contributed by atoms with Crippen molar-refractivity contribution in [3.8, 4) is 0 Å². The molecule has 122 valence electrons. The van der Waals surface area contributed by atoms with Crippen LogP contribution in [0.15, 0.2) is 49.5 Å². The van der Waals surface area contributed by atoms with E-state index in [0.29, 0.717) is 22.7 Å². The van der Waals surface area contributed by atoms with E-state index >= 15 is 0 Å². The van der Waals surface area contributed by atoms with Crippen LogP contribution in [0.1, 0.15) is 23.8 Å². The molecule has 0 amide bonds. The third-order valence-corrected chi connectivity index (χ3v) is 4.10. The van der Waals surface area contributed by atoms with Gasteiger partial charge in [0.2, 0.25) is 10.0 Å². The lowest BCUT2D eigenvalue weighted by Gasteiger charge is -2.06. The van der Waals surface area contributed by atoms with E-state index in [1.54, 1.807) is 26.8 Å². The number of benzene rings is 1. The van der Waals surface area contributed by atoms with Gasteiger partial charge in [0.05, 0.1) is 21.9 Å². The van der Waals surface area contributed by atoms with Crippen LogP contribution in [0.5, 0.6) is 0 Å². The number of aryl methyl sites for hydroxylation is 2. The summed E-state index contributed by atoms with van der Waals surface area (Å²) in [4.78, 5) is 11.9. The Morgan fingerprint density at radius 2 is 1.83 bits per heavy atom. The normalized spacial score (nSPS) is 12.3. The van der Waals surface area contributed by atoms with Gasteiger partial charge in [0.15, 0.2) is 0 Å². The first-order chi connectivity index (χ1) is 10.7. The fourth-order valence-corrected chi connectivity index (χ4v) is 2.64. The van der Waals surface area contributed by atoms with Crippen molar-refractivity contribution in [1.29, 1.82) is 0 Å². The molecule has 0 saturated carbocycles. The molecule has 0 bridgehead atoms. The molecule has 0 unspecified atom stereocenters. The van der Waals surface area contributed by atoms with Gasteiger partial charge < -0.3 is 4.42 Å². The number of hydrogen-bond donors (Lipinski definition) is 2. The van der Waals surface area contributed by atoms with Crippen molar-refractivity contribution < 1.29 is 12.8 Å². The average molecular weight is 335 g/mol. The second kappa shape index (κ2) is 6.35. The van der Waals surface area contributed by atoms with Crippen LogP contribution in [0.2, 0.25) is 0 Å². The lowest BCUT2D eigenvalue weighted by atomic mass is 10.1. The van der Waals surface area contributed by atoms with Gasteiger partial charge >= 0.3 is 5.63 Å². The molecule has 0 aliphatic rings. The molecule has 0 aliphatic heterocycles. The second-order valence-corrected chi connectivity index (χ2v) is 6.64. The highest BCUT2D eigenvalue weighted by molar-refractivity contribution is 7.89. The quantitative estimate of drug-likeness (QED) is 0.652. The molecule has 7 nitrogen and oxygen atoms in total. The van der Waals surface area contributed by atoms with E-state index in [4.69, 9.17) is 9.56 Å². The standard InChI is InChI=1S/C15H17N3O4S/c1-9-8-10(2)22-15(19)14(9)11(3)17-18-12-4-6-13(7-5-12)23(16,20)21/h4-8,18H,1-3H3,(H2,16,20,21)/b17-11+. The summed E-state index contributed by atoms with van der Waals surface area (Å²) >= 11 is 0. The lowest BCUT2D eigenvalue weighted by molar-refractivity contribution is 0.477. The maximum atomic E-state index is 11.9. The Balaban J connectivity index is 2.25. The summed E-state index contributed by atoms with van der Waals surface area (Å²) < 4.78 is 27.4. The Labute approximate surface area is 133 Å². The summed E-state index contributed by atoms with van der Waals surface area (Å²) in [6, 6.07) is 7.56. The van der Waals surface area contributed by atoms with E-state index in [1.165, 1.54) is 24.3 Å². The molecule has 2 rings (SSSR count). The zero-order chi connectivity index (χ0) is 17.2. The number of nitrogens with zero attached hydrogens (tertiary/aromatic N) is 1. The van der Waals surface area contributed by atoms with Gasteiger partial charge in [0, 0.05) is 0 Å². The highest BCUT2D eigenvalue weighted by Gasteiger charge is 2.11. The smallest absolute Gasteiger partial charge is 0.345 e. The van der Waals surface area contributed by atoms with Crippen LogP contribution in [0.4, 0.5) is 5.69 Å². The zero-order valence-corrected chi connectivity index (χ0v) is 13.8. The third kappa shape index (κ3) is 4.05. The molecular weight excluding hydrogens is 318 g/mol. The maximum Gasteiger partial charge on any atom is 0.345 e. The van der Waals surface area contributed by atoms with Gasteiger partial charge in [-0.25, -0.2) is 18.4 Å². The number of sulfonamides is 1. The molecular formula is C15H17N3O4S. The molecule has 8 heteroatoms. The van der Waals surface area contributed by atoms with E-state index in [-0.39, 0.29) is 4.90 Å².